The Morgan fingerprint density at radius 3 is 3.00 bits per heavy atom. The number of hydrogen-bond acceptors (Lipinski definition) is 2. The van der Waals surface area contributed by atoms with Crippen LogP contribution in [0.5, 0.6) is 0 Å². The van der Waals surface area contributed by atoms with Gasteiger partial charge in [0.05, 0.1) is 5.02 Å². The first kappa shape index (κ1) is 15.7. The molecule has 0 spiro atoms. The summed E-state index contributed by atoms with van der Waals surface area (Å²) in [6, 6.07) is 5.65. The first-order valence-electron chi connectivity index (χ1n) is 7.49. The molecule has 0 aromatic heterocycles. The lowest BCUT2D eigenvalue weighted by Gasteiger charge is -2.28. The molecule has 4 heteroatoms. The van der Waals surface area contributed by atoms with E-state index in [0.717, 1.165) is 38.2 Å². The highest BCUT2D eigenvalue weighted by Gasteiger charge is 2.21. The molecule has 1 aliphatic heterocycles. The van der Waals surface area contributed by atoms with Gasteiger partial charge in [0.25, 0.3) is 0 Å². The van der Waals surface area contributed by atoms with Gasteiger partial charge in [-0.25, -0.2) is 4.39 Å². The second kappa shape index (κ2) is 7.39. The molecule has 1 aromatic rings. The standard InChI is InChI=1S/C16H24ClFN2/c1-3-12(2)16-11-20(8-4-7-19-16)10-13-5-6-14(17)15(18)9-13/h5-6,9,12,16,19H,3-4,7-8,10-11H2,1-2H3. The molecule has 2 unspecified atom stereocenters. The SMILES string of the molecule is CCC(C)C1CN(Cc2ccc(Cl)c(F)c2)CCCN1. The summed E-state index contributed by atoms with van der Waals surface area (Å²) >= 11 is 5.73. The molecular weight excluding hydrogens is 275 g/mol. The summed E-state index contributed by atoms with van der Waals surface area (Å²) in [6.45, 7) is 8.48. The Morgan fingerprint density at radius 1 is 1.50 bits per heavy atom. The van der Waals surface area contributed by atoms with Crippen LogP contribution < -0.4 is 5.32 Å². The van der Waals surface area contributed by atoms with Crippen molar-refractivity contribution in [1.82, 2.24) is 10.2 Å². The molecule has 1 heterocycles. The Balaban J connectivity index is 2.01. The summed E-state index contributed by atoms with van der Waals surface area (Å²) in [5.74, 6) is 0.341. The average Bonchev–Trinajstić information content (AvgIpc) is 2.67. The fraction of sp³-hybridized carbons (Fsp3) is 0.625. The molecule has 2 rings (SSSR count). The van der Waals surface area contributed by atoms with E-state index in [4.69, 9.17) is 11.6 Å². The lowest BCUT2D eigenvalue weighted by molar-refractivity contribution is 0.231. The number of rotatable bonds is 4. The van der Waals surface area contributed by atoms with Gasteiger partial charge < -0.3 is 5.32 Å². The zero-order valence-electron chi connectivity index (χ0n) is 12.3. The molecular formula is C16H24ClFN2. The van der Waals surface area contributed by atoms with Gasteiger partial charge in [-0.2, -0.15) is 0 Å². The Kier molecular flexibility index (Phi) is 5.82. The van der Waals surface area contributed by atoms with Gasteiger partial charge in [-0.15, -0.1) is 0 Å². The molecule has 0 radical (unpaired) electrons. The van der Waals surface area contributed by atoms with Crippen LogP contribution in [0.3, 0.4) is 0 Å². The molecule has 1 fully saturated rings. The monoisotopic (exact) mass is 298 g/mol. The lowest BCUT2D eigenvalue weighted by Crippen LogP contribution is -2.41. The highest BCUT2D eigenvalue weighted by atomic mass is 35.5. The smallest absolute Gasteiger partial charge is 0.142 e. The van der Waals surface area contributed by atoms with E-state index in [0.29, 0.717) is 12.0 Å². The van der Waals surface area contributed by atoms with Crippen molar-refractivity contribution in [3.05, 3.63) is 34.6 Å². The number of hydrogen-bond donors (Lipinski definition) is 1. The first-order valence-corrected chi connectivity index (χ1v) is 7.87. The van der Waals surface area contributed by atoms with Gasteiger partial charge in [0.1, 0.15) is 5.82 Å². The lowest BCUT2D eigenvalue weighted by atomic mass is 9.99. The van der Waals surface area contributed by atoms with Crippen LogP contribution >= 0.6 is 11.6 Å². The number of nitrogens with one attached hydrogen (secondary N) is 1. The molecule has 2 atom stereocenters. The minimum atomic E-state index is -0.324. The van der Waals surface area contributed by atoms with Gasteiger partial charge >= 0.3 is 0 Å². The summed E-state index contributed by atoms with van der Waals surface area (Å²) in [6.07, 6.45) is 2.32. The second-order valence-corrected chi connectivity index (χ2v) is 6.19. The van der Waals surface area contributed by atoms with Gasteiger partial charge in [-0.1, -0.05) is 37.9 Å². The Labute approximate surface area is 126 Å². The highest BCUT2D eigenvalue weighted by molar-refractivity contribution is 6.30. The summed E-state index contributed by atoms with van der Waals surface area (Å²) in [4.78, 5) is 2.42. The molecule has 1 N–H and O–H groups in total. The molecule has 0 amide bonds. The van der Waals surface area contributed by atoms with Crippen LogP contribution in [0.15, 0.2) is 18.2 Å². The highest BCUT2D eigenvalue weighted by Crippen LogP contribution is 2.18. The third-order valence-corrected chi connectivity index (χ3v) is 4.54. The van der Waals surface area contributed by atoms with Crippen LogP contribution in [0.4, 0.5) is 4.39 Å². The predicted molar refractivity (Wildman–Crippen MR) is 82.5 cm³/mol. The van der Waals surface area contributed by atoms with E-state index in [1.807, 2.05) is 6.07 Å². The predicted octanol–water partition coefficient (Wildman–Crippen LogP) is 3.69. The number of nitrogens with zero attached hydrogens (tertiary/aromatic N) is 1. The first-order chi connectivity index (χ1) is 9.60. The van der Waals surface area contributed by atoms with E-state index in [1.54, 1.807) is 12.1 Å². The normalized spacial score (nSPS) is 22.5. The van der Waals surface area contributed by atoms with E-state index >= 15 is 0 Å². The van der Waals surface area contributed by atoms with E-state index in [-0.39, 0.29) is 10.8 Å². The van der Waals surface area contributed by atoms with Crippen molar-refractivity contribution in [2.24, 2.45) is 5.92 Å². The third-order valence-electron chi connectivity index (χ3n) is 4.23. The quantitative estimate of drug-likeness (QED) is 0.912. The molecule has 1 aromatic carbocycles. The maximum Gasteiger partial charge on any atom is 0.142 e. The molecule has 20 heavy (non-hydrogen) atoms. The van der Waals surface area contributed by atoms with Crippen molar-refractivity contribution in [1.29, 1.82) is 0 Å². The Bertz CT molecular complexity index is 438. The van der Waals surface area contributed by atoms with Crippen molar-refractivity contribution in [3.8, 4) is 0 Å². The van der Waals surface area contributed by atoms with Crippen molar-refractivity contribution in [2.75, 3.05) is 19.6 Å². The Morgan fingerprint density at radius 2 is 2.30 bits per heavy atom. The van der Waals surface area contributed by atoms with Gasteiger partial charge in [-0.05, 0) is 43.1 Å². The maximum absolute atomic E-state index is 13.5. The van der Waals surface area contributed by atoms with E-state index < -0.39 is 0 Å². The molecule has 2 nitrogen and oxygen atoms in total. The van der Waals surface area contributed by atoms with Crippen LogP contribution in [0.2, 0.25) is 5.02 Å². The van der Waals surface area contributed by atoms with Crippen molar-refractivity contribution >= 4 is 11.6 Å². The zero-order valence-corrected chi connectivity index (χ0v) is 13.1. The van der Waals surface area contributed by atoms with Gasteiger partial charge in [0.15, 0.2) is 0 Å². The summed E-state index contributed by atoms with van der Waals surface area (Å²) in [5, 5.41) is 3.83. The van der Waals surface area contributed by atoms with Crippen LogP contribution in [0.25, 0.3) is 0 Å². The second-order valence-electron chi connectivity index (χ2n) is 5.78. The number of halogens is 2. The van der Waals surface area contributed by atoms with E-state index in [9.17, 15) is 4.39 Å². The van der Waals surface area contributed by atoms with Crippen LogP contribution in [-0.4, -0.2) is 30.6 Å². The maximum atomic E-state index is 13.5. The summed E-state index contributed by atoms with van der Waals surface area (Å²) < 4.78 is 13.5. The van der Waals surface area contributed by atoms with Gasteiger partial charge in [-0.3, -0.25) is 4.90 Å². The molecule has 0 saturated carbocycles. The molecule has 112 valence electrons. The zero-order chi connectivity index (χ0) is 14.5. The van der Waals surface area contributed by atoms with Crippen molar-refractivity contribution < 1.29 is 4.39 Å². The molecule has 0 bridgehead atoms. The molecule has 0 aliphatic carbocycles. The van der Waals surface area contributed by atoms with Crippen molar-refractivity contribution in [3.63, 3.8) is 0 Å². The summed E-state index contributed by atoms with van der Waals surface area (Å²) in [5.41, 5.74) is 0.997. The van der Waals surface area contributed by atoms with E-state index in [2.05, 4.69) is 24.1 Å². The minimum absolute atomic E-state index is 0.198. The summed E-state index contributed by atoms with van der Waals surface area (Å²) in [7, 11) is 0. The van der Waals surface area contributed by atoms with Gasteiger partial charge in [0, 0.05) is 19.1 Å². The molecule has 1 saturated heterocycles. The van der Waals surface area contributed by atoms with Crippen LogP contribution in [0, 0.1) is 11.7 Å². The van der Waals surface area contributed by atoms with Crippen molar-refractivity contribution in [2.45, 2.75) is 39.3 Å². The number of benzene rings is 1. The van der Waals surface area contributed by atoms with Crippen LogP contribution in [-0.2, 0) is 6.54 Å². The van der Waals surface area contributed by atoms with Gasteiger partial charge in [0.2, 0.25) is 0 Å². The topological polar surface area (TPSA) is 15.3 Å². The van der Waals surface area contributed by atoms with Crippen LogP contribution in [0.1, 0.15) is 32.3 Å². The Hall–Kier alpha value is -0.640. The average molecular weight is 299 g/mol. The fourth-order valence-electron chi connectivity index (χ4n) is 2.73. The minimum Gasteiger partial charge on any atom is -0.312 e. The largest absolute Gasteiger partial charge is 0.312 e. The van der Waals surface area contributed by atoms with E-state index in [1.165, 1.54) is 6.42 Å². The third kappa shape index (κ3) is 4.18. The fourth-order valence-corrected chi connectivity index (χ4v) is 2.85. The molecule has 1 aliphatic rings.